The molecule has 1 N–H and O–H groups in total. The SMILES string of the molecule is COC(=O)[C@@H](N=[N+]=[N-])[C@@H](O)c1cn(C(=O)OCc2ccccc2)c2ccccc12. The van der Waals surface area contributed by atoms with Gasteiger partial charge in [-0.05, 0) is 17.2 Å². The Morgan fingerprint density at radius 1 is 1.17 bits per heavy atom. The first-order chi connectivity index (χ1) is 14.1. The molecule has 3 rings (SSSR count). The second-order valence-corrected chi connectivity index (χ2v) is 6.13. The van der Waals surface area contributed by atoms with Gasteiger partial charge in [0.25, 0.3) is 0 Å². The number of hydrogen-bond acceptors (Lipinski definition) is 6. The Morgan fingerprint density at radius 2 is 1.86 bits per heavy atom. The molecule has 9 heteroatoms. The lowest BCUT2D eigenvalue weighted by Crippen LogP contribution is -2.27. The van der Waals surface area contributed by atoms with Crippen LogP contribution in [0.4, 0.5) is 4.79 Å². The van der Waals surface area contributed by atoms with Crippen molar-refractivity contribution in [2.45, 2.75) is 18.8 Å². The molecule has 0 unspecified atom stereocenters. The number of rotatable bonds is 6. The number of hydrogen-bond donors (Lipinski definition) is 1. The third kappa shape index (κ3) is 4.21. The van der Waals surface area contributed by atoms with Crippen molar-refractivity contribution < 1.29 is 24.2 Å². The fourth-order valence-corrected chi connectivity index (χ4v) is 2.97. The molecule has 3 aromatic rings. The highest BCUT2D eigenvalue weighted by Gasteiger charge is 2.31. The van der Waals surface area contributed by atoms with Crippen LogP contribution in [-0.2, 0) is 20.9 Å². The first-order valence-electron chi connectivity index (χ1n) is 8.68. The molecule has 1 heterocycles. The zero-order chi connectivity index (χ0) is 20.8. The van der Waals surface area contributed by atoms with E-state index >= 15 is 0 Å². The van der Waals surface area contributed by atoms with E-state index in [4.69, 9.17) is 10.3 Å². The first-order valence-corrected chi connectivity index (χ1v) is 8.68. The molecule has 9 nitrogen and oxygen atoms in total. The van der Waals surface area contributed by atoms with Crippen LogP contribution >= 0.6 is 0 Å². The maximum Gasteiger partial charge on any atom is 0.418 e. The molecule has 0 amide bonds. The number of nitrogens with zero attached hydrogens (tertiary/aromatic N) is 4. The Labute approximate surface area is 165 Å². The van der Waals surface area contributed by atoms with E-state index in [1.807, 2.05) is 30.3 Å². The Hall–Kier alpha value is -3.81. The molecule has 0 spiro atoms. The van der Waals surface area contributed by atoms with Crippen molar-refractivity contribution in [2.75, 3.05) is 7.11 Å². The number of fused-ring (bicyclic) bond motifs is 1. The molecule has 29 heavy (non-hydrogen) atoms. The predicted octanol–water partition coefficient (Wildman–Crippen LogP) is 3.71. The molecule has 0 aliphatic rings. The summed E-state index contributed by atoms with van der Waals surface area (Å²) in [6, 6.07) is 14.5. The van der Waals surface area contributed by atoms with Gasteiger partial charge < -0.3 is 14.6 Å². The second kappa shape index (κ2) is 8.92. The van der Waals surface area contributed by atoms with Crippen LogP contribution in [-0.4, -0.2) is 34.9 Å². The van der Waals surface area contributed by atoms with E-state index < -0.39 is 24.2 Å². The first kappa shape index (κ1) is 19.9. The number of ether oxygens (including phenoxy) is 2. The lowest BCUT2D eigenvalue weighted by molar-refractivity contribution is -0.144. The van der Waals surface area contributed by atoms with Crippen LogP contribution in [0.5, 0.6) is 0 Å². The van der Waals surface area contributed by atoms with Gasteiger partial charge in [-0.3, -0.25) is 9.36 Å². The number of azide groups is 1. The van der Waals surface area contributed by atoms with Crippen LogP contribution < -0.4 is 0 Å². The predicted molar refractivity (Wildman–Crippen MR) is 104 cm³/mol. The molecule has 0 radical (unpaired) electrons. The number of aliphatic hydroxyl groups is 1. The van der Waals surface area contributed by atoms with Gasteiger partial charge in [0.05, 0.1) is 12.6 Å². The summed E-state index contributed by atoms with van der Waals surface area (Å²) in [4.78, 5) is 27.1. The second-order valence-electron chi connectivity index (χ2n) is 6.13. The van der Waals surface area contributed by atoms with Crippen LogP contribution in [0.1, 0.15) is 17.2 Å². The van der Waals surface area contributed by atoms with Gasteiger partial charge in [0, 0.05) is 22.1 Å². The molecule has 2 aromatic carbocycles. The maximum absolute atomic E-state index is 12.6. The molecule has 2 atom stereocenters. The molecular formula is C20H18N4O5. The average Bonchev–Trinajstić information content (AvgIpc) is 3.15. The Kier molecular flexibility index (Phi) is 6.13. The number of carbonyl (C=O) groups is 2. The number of aliphatic hydroxyl groups excluding tert-OH is 1. The topological polar surface area (TPSA) is 127 Å². The lowest BCUT2D eigenvalue weighted by Gasteiger charge is -2.15. The van der Waals surface area contributed by atoms with Crippen molar-refractivity contribution in [2.24, 2.45) is 5.11 Å². The summed E-state index contributed by atoms with van der Waals surface area (Å²) in [7, 11) is 1.12. The van der Waals surface area contributed by atoms with Gasteiger partial charge in [-0.1, -0.05) is 53.6 Å². The van der Waals surface area contributed by atoms with E-state index in [2.05, 4.69) is 14.8 Å². The number of esters is 1. The monoisotopic (exact) mass is 394 g/mol. The van der Waals surface area contributed by atoms with Gasteiger partial charge in [0.1, 0.15) is 12.7 Å². The quantitative estimate of drug-likeness (QED) is 0.295. The van der Waals surface area contributed by atoms with Crippen LogP contribution in [0.25, 0.3) is 21.3 Å². The summed E-state index contributed by atoms with van der Waals surface area (Å²) < 4.78 is 11.2. The molecule has 0 saturated carbocycles. The van der Waals surface area contributed by atoms with Crippen molar-refractivity contribution in [3.8, 4) is 0 Å². The highest BCUT2D eigenvalue weighted by Crippen LogP contribution is 2.30. The number of carbonyl (C=O) groups excluding carboxylic acids is 2. The van der Waals surface area contributed by atoms with Crippen LogP contribution in [0.3, 0.4) is 0 Å². The molecule has 1 aromatic heterocycles. The fourth-order valence-electron chi connectivity index (χ4n) is 2.97. The summed E-state index contributed by atoms with van der Waals surface area (Å²) in [5, 5.41) is 14.5. The lowest BCUT2D eigenvalue weighted by atomic mass is 10.0. The van der Waals surface area contributed by atoms with Gasteiger partial charge in [-0.25, -0.2) is 4.79 Å². The minimum atomic E-state index is -1.51. The average molecular weight is 394 g/mol. The summed E-state index contributed by atoms with van der Waals surface area (Å²) >= 11 is 0. The summed E-state index contributed by atoms with van der Waals surface area (Å²) in [6.45, 7) is 0.0770. The highest BCUT2D eigenvalue weighted by atomic mass is 16.5. The number of aromatic nitrogens is 1. The third-order valence-corrected chi connectivity index (χ3v) is 4.38. The molecular weight excluding hydrogens is 376 g/mol. The van der Waals surface area contributed by atoms with Crippen LogP contribution in [0.15, 0.2) is 65.9 Å². The van der Waals surface area contributed by atoms with Gasteiger partial charge in [0.2, 0.25) is 0 Å². The summed E-state index contributed by atoms with van der Waals surface area (Å²) in [5.41, 5.74) is 10.3. The molecule has 0 saturated heterocycles. The Bertz CT molecular complexity index is 1070. The molecule has 0 aliphatic heterocycles. The number of benzene rings is 2. The summed E-state index contributed by atoms with van der Waals surface area (Å²) in [6.07, 6.45) is -0.792. The van der Waals surface area contributed by atoms with Crippen molar-refractivity contribution >= 4 is 23.0 Å². The fraction of sp³-hybridized carbons (Fsp3) is 0.200. The van der Waals surface area contributed by atoms with E-state index in [1.165, 1.54) is 10.8 Å². The summed E-state index contributed by atoms with van der Waals surface area (Å²) in [5.74, 6) is -0.890. The highest BCUT2D eigenvalue weighted by molar-refractivity contribution is 5.92. The van der Waals surface area contributed by atoms with E-state index in [0.717, 1.165) is 12.7 Å². The standard InChI is InChI=1S/C20H18N4O5/c1-28-19(26)17(22-23-21)18(25)15-11-24(16-10-6-5-9-14(15)16)20(27)29-12-13-7-3-2-4-8-13/h2-11,17-18,25H,12H2,1H3/t17-,18-/m0/s1. The molecule has 0 aliphatic carbocycles. The maximum atomic E-state index is 12.6. The van der Waals surface area contributed by atoms with E-state index in [9.17, 15) is 14.7 Å². The zero-order valence-corrected chi connectivity index (χ0v) is 15.5. The van der Waals surface area contributed by atoms with Gasteiger partial charge >= 0.3 is 12.1 Å². The van der Waals surface area contributed by atoms with E-state index in [1.54, 1.807) is 24.3 Å². The van der Waals surface area contributed by atoms with E-state index in [-0.39, 0.29) is 12.2 Å². The molecule has 148 valence electrons. The van der Waals surface area contributed by atoms with Crippen LogP contribution in [0.2, 0.25) is 0 Å². The van der Waals surface area contributed by atoms with Crippen molar-refractivity contribution in [1.29, 1.82) is 0 Å². The zero-order valence-electron chi connectivity index (χ0n) is 15.5. The molecule has 0 fully saturated rings. The van der Waals surface area contributed by atoms with Gasteiger partial charge in [-0.2, -0.15) is 0 Å². The van der Waals surface area contributed by atoms with Gasteiger partial charge in [-0.15, -0.1) is 0 Å². The van der Waals surface area contributed by atoms with Crippen LogP contribution in [0, 0.1) is 0 Å². The van der Waals surface area contributed by atoms with Gasteiger partial charge in [0.15, 0.2) is 6.04 Å². The van der Waals surface area contributed by atoms with E-state index in [0.29, 0.717) is 10.9 Å². The largest absolute Gasteiger partial charge is 0.469 e. The molecule has 0 bridgehead atoms. The van der Waals surface area contributed by atoms with Crippen molar-refractivity contribution in [3.63, 3.8) is 0 Å². The minimum Gasteiger partial charge on any atom is -0.469 e. The number of para-hydroxylation sites is 1. The third-order valence-electron chi connectivity index (χ3n) is 4.38. The normalized spacial score (nSPS) is 12.6. The minimum absolute atomic E-state index is 0.0770. The Morgan fingerprint density at radius 3 is 2.55 bits per heavy atom. The smallest absolute Gasteiger partial charge is 0.418 e. The number of methoxy groups -OCH3 is 1. The van der Waals surface area contributed by atoms with Crippen molar-refractivity contribution in [3.05, 3.63) is 82.4 Å². The Balaban J connectivity index is 1.95. The van der Waals surface area contributed by atoms with Crippen molar-refractivity contribution in [1.82, 2.24) is 4.57 Å².